The average Bonchev–Trinajstić information content (AvgIpc) is 2.67. The molecule has 0 aromatic carbocycles. The Balaban J connectivity index is 2.21. The standard InChI is InChI=1S/C12H12N2O2S/c1-14-11-7-4-2-3-5-9(7)17-6-8(11)10(13-14)12(15)16/h4-5H,2-3,6H2,1H3,(H,15,16). The molecule has 0 bridgehead atoms. The SMILES string of the molecule is Cn1nc(C(=O)O)c2c1C1=CCCC=C1SC2. The number of hydrogen-bond donors (Lipinski definition) is 1. The number of hydrogen-bond acceptors (Lipinski definition) is 3. The molecule has 1 aromatic heterocycles. The Hall–Kier alpha value is -1.49. The number of aromatic carboxylic acids is 1. The smallest absolute Gasteiger partial charge is 0.356 e. The Kier molecular flexibility index (Phi) is 2.36. The second-order valence-electron chi connectivity index (χ2n) is 4.16. The highest BCUT2D eigenvalue weighted by atomic mass is 32.2. The number of aromatic nitrogens is 2. The molecule has 0 spiro atoms. The summed E-state index contributed by atoms with van der Waals surface area (Å²) in [4.78, 5) is 12.4. The van der Waals surface area contributed by atoms with Gasteiger partial charge in [-0.3, -0.25) is 4.68 Å². The molecule has 0 unspecified atom stereocenters. The summed E-state index contributed by atoms with van der Waals surface area (Å²) in [5, 5.41) is 13.2. The maximum Gasteiger partial charge on any atom is 0.356 e. The lowest BCUT2D eigenvalue weighted by Crippen LogP contribution is -2.07. The molecule has 2 aliphatic rings. The van der Waals surface area contributed by atoms with Crippen LogP contribution in [-0.4, -0.2) is 20.9 Å². The van der Waals surface area contributed by atoms with Crippen molar-refractivity contribution in [3.8, 4) is 0 Å². The number of carboxylic acid groups (broad SMARTS) is 1. The van der Waals surface area contributed by atoms with Crippen LogP contribution in [0.5, 0.6) is 0 Å². The molecule has 1 N–H and O–H groups in total. The summed E-state index contributed by atoms with van der Waals surface area (Å²) in [6.45, 7) is 0. The minimum absolute atomic E-state index is 0.195. The van der Waals surface area contributed by atoms with Crippen LogP contribution in [0.2, 0.25) is 0 Å². The van der Waals surface area contributed by atoms with Gasteiger partial charge in [-0.2, -0.15) is 5.10 Å². The molecule has 88 valence electrons. The zero-order chi connectivity index (χ0) is 12.0. The third-order valence-electron chi connectivity index (χ3n) is 3.09. The fourth-order valence-electron chi connectivity index (χ4n) is 2.37. The molecule has 5 heteroatoms. The summed E-state index contributed by atoms with van der Waals surface area (Å²) in [6.07, 6.45) is 6.52. The van der Waals surface area contributed by atoms with E-state index in [1.807, 2.05) is 7.05 Å². The number of nitrogens with zero attached hydrogens (tertiary/aromatic N) is 2. The van der Waals surface area contributed by atoms with Crippen molar-refractivity contribution in [3.63, 3.8) is 0 Å². The number of aryl methyl sites for hydroxylation is 1. The first-order valence-corrected chi connectivity index (χ1v) is 6.50. The van der Waals surface area contributed by atoms with Gasteiger partial charge in [0.15, 0.2) is 5.69 Å². The van der Waals surface area contributed by atoms with Gasteiger partial charge in [-0.25, -0.2) is 4.79 Å². The number of thioether (sulfide) groups is 1. The number of fused-ring (bicyclic) bond motifs is 3. The van der Waals surface area contributed by atoms with Crippen molar-refractivity contribution in [3.05, 3.63) is 34.0 Å². The van der Waals surface area contributed by atoms with Crippen LogP contribution in [0.1, 0.15) is 34.6 Å². The van der Waals surface area contributed by atoms with E-state index in [-0.39, 0.29) is 5.69 Å². The first kappa shape index (κ1) is 10.7. The fourth-order valence-corrected chi connectivity index (χ4v) is 3.51. The topological polar surface area (TPSA) is 55.1 Å². The summed E-state index contributed by atoms with van der Waals surface area (Å²) in [7, 11) is 1.81. The highest BCUT2D eigenvalue weighted by molar-refractivity contribution is 8.03. The Morgan fingerprint density at radius 3 is 3.00 bits per heavy atom. The molecule has 0 radical (unpaired) electrons. The van der Waals surface area contributed by atoms with E-state index >= 15 is 0 Å². The van der Waals surface area contributed by atoms with E-state index in [4.69, 9.17) is 5.11 Å². The molecule has 0 saturated carbocycles. The monoisotopic (exact) mass is 248 g/mol. The largest absolute Gasteiger partial charge is 0.476 e. The summed E-state index contributed by atoms with van der Waals surface area (Å²) >= 11 is 1.71. The molecule has 3 rings (SSSR count). The molecule has 0 fully saturated rings. The predicted molar refractivity (Wildman–Crippen MR) is 66.8 cm³/mol. The first-order chi connectivity index (χ1) is 8.18. The molecule has 0 saturated heterocycles. The third-order valence-corrected chi connectivity index (χ3v) is 4.22. The molecule has 1 aliphatic heterocycles. The second kappa shape index (κ2) is 3.77. The predicted octanol–water partition coefficient (Wildman–Crippen LogP) is 2.43. The molecule has 0 atom stereocenters. The van der Waals surface area contributed by atoms with E-state index in [1.165, 1.54) is 4.91 Å². The molecule has 2 heterocycles. The van der Waals surface area contributed by atoms with Crippen molar-refractivity contribution in [1.82, 2.24) is 9.78 Å². The van der Waals surface area contributed by atoms with Gasteiger partial charge in [-0.05, 0) is 12.8 Å². The Bertz CT molecular complexity index is 569. The average molecular weight is 248 g/mol. The van der Waals surface area contributed by atoms with E-state index in [0.717, 1.165) is 29.7 Å². The molecule has 0 amide bonds. The summed E-state index contributed by atoms with van der Waals surface area (Å²) in [6, 6.07) is 0. The number of carboxylic acids is 1. The summed E-state index contributed by atoms with van der Waals surface area (Å²) < 4.78 is 1.70. The van der Waals surface area contributed by atoms with Gasteiger partial charge in [0.05, 0.1) is 5.69 Å². The lowest BCUT2D eigenvalue weighted by Gasteiger charge is -2.22. The van der Waals surface area contributed by atoms with Crippen molar-refractivity contribution in [2.45, 2.75) is 18.6 Å². The number of rotatable bonds is 1. The van der Waals surface area contributed by atoms with E-state index in [2.05, 4.69) is 17.3 Å². The maximum atomic E-state index is 11.1. The van der Waals surface area contributed by atoms with Crippen LogP contribution in [0.3, 0.4) is 0 Å². The molecular formula is C12H12N2O2S. The number of carbonyl (C=O) groups is 1. The van der Waals surface area contributed by atoms with Gasteiger partial charge >= 0.3 is 5.97 Å². The molecule has 17 heavy (non-hydrogen) atoms. The van der Waals surface area contributed by atoms with Crippen LogP contribution in [0.15, 0.2) is 17.1 Å². The van der Waals surface area contributed by atoms with Crippen LogP contribution >= 0.6 is 11.8 Å². The van der Waals surface area contributed by atoms with Gasteiger partial charge in [0, 0.05) is 28.8 Å². The fraction of sp³-hybridized carbons (Fsp3) is 0.333. The lowest BCUT2D eigenvalue weighted by atomic mass is 10.00. The van der Waals surface area contributed by atoms with Crippen molar-refractivity contribution in [2.24, 2.45) is 7.05 Å². The quantitative estimate of drug-likeness (QED) is 0.829. The van der Waals surface area contributed by atoms with Crippen molar-refractivity contribution >= 4 is 23.3 Å². The van der Waals surface area contributed by atoms with Crippen LogP contribution in [0, 0.1) is 0 Å². The Morgan fingerprint density at radius 1 is 1.47 bits per heavy atom. The van der Waals surface area contributed by atoms with Crippen LogP contribution in [0.25, 0.3) is 5.57 Å². The van der Waals surface area contributed by atoms with E-state index in [1.54, 1.807) is 16.4 Å². The van der Waals surface area contributed by atoms with E-state index in [9.17, 15) is 4.79 Å². The van der Waals surface area contributed by atoms with Crippen LogP contribution < -0.4 is 0 Å². The summed E-state index contributed by atoms with van der Waals surface area (Å²) in [5.74, 6) is -0.236. The van der Waals surface area contributed by atoms with Gasteiger partial charge < -0.3 is 5.11 Å². The van der Waals surface area contributed by atoms with Crippen molar-refractivity contribution in [1.29, 1.82) is 0 Å². The van der Waals surface area contributed by atoms with Crippen LogP contribution in [0.4, 0.5) is 0 Å². The summed E-state index contributed by atoms with van der Waals surface area (Å²) in [5.41, 5.74) is 3.19. The zero-order valence-corrected chi connectivity index (χ0v) is 10.3. The first-order valence-electron chi connectivity index (χ1n) is 5.51. The Morgan fingerprint density at radius 2 is 2.24 bits per heavy atom. The molecule has 1 aliphatic carbocycles. The number of allylic oxidation sites excluding steroid dienone is 3. The zero-order valence-electron chi connectivity index (χ0n) is 9.43. The van der Waals surface area contributed by atoms with E-state index < -0.39 is 5.97 Å². The normalized spacial score (nSPS) is 17.9. The minimum Gasteiger partial charge on any atom is -0.476 e. The van der Waals surface area contributed by atoms with Crippen LogP contribution in [-0.2, 0) is 12.8 Å². The van der Waals surface area contributed by atoms with Gasteiger partial charge in [0.25, 0.3) is 0 Å². The molecule has 1 aromatic rings. The molecular weight excluding hydrogens is 236 g/mol. The van der Waals surface area contributed by atoms with Gasteiger partial charge in [0.1, 0.15) is 0 Å². The highest BCUT2D eigenvalue weighted by Crippen LogP contribution is 2.44. The minimum atomic E-state index is -0.939. The molecule has 4 nitrogen and oxygen atoms in total. The van der Waals surface area contributed by atoms with Crippen molar-refractivity contribution in [2.75, 3.05) is 0 Å². The van der Waals surface area contributed by atoms with Gasteiger partial charge in [-0.1, -0.05) is 12.2 Å². The van der Waals surface area contributed by atoms with Gasteiger partial charge in [-0.15, -0.1) is 11.8 Å². The second-order valence-corrected chi connectivity index (χ2v) is 5.17. The van der Waals surface area contributed by atoms with Gasteiger partial charge in [0.2, 0.25) is 0 Å². The van der Waals surface area contributed by atoms with Crippen molar-refractivity contribution < 1.29 is 9.90 Å². The lowest BCUT2D eigenvalue weighted by molar-refractivity contribution is 0.0689. The van der Waals surface area contributed by atoms with E-state index in [0.29, 0.717) is 5.75 Å². The maximum absolute atomic E-state index is 11.1. The Labute approximate surface area is 103 Å². The highest BCUT2D eigenvalue weighted by Gasteiger charge is 2.29. The third kappa shape index (κ3) is 1.53.